The number of methoxy groups -OCH3 is 2. The van der Waals surface area contributed by atoms with Gasteiger partial charge in [0.1, 0.15) is 17.5 Å². The molecule has 1 aliphatic heterocycles. The number of nitrogens with zero attached hydrogens (tertiary/aromatic N) is 2. The van der Waals surface area contributed by atoms with Crippen LogP contribution in [0.4, 0.5) is 4.79 Å². The highest BCUT2D eigenvalue weighted by atomic mass is 16.5. The van der Waals surface area contributed by atoms with Gasteiger partial charge in [0.25, 0.3) is 0 Å². The molecule has 1 aliphatic carbocycles. The molecule has 1 heterocycles. The monoisotopic (exact) mass is 516 g/mol. The summed E-state index contributed by atoms with van der Waals surface area (Å²) in [6, 6.07) is 4.38. The number of carbonyl (C=O) groups is 3. The number of rotatable bonds is 10. The molecule has 2 aliphatic rings. The first-order chi connectivity index (χ1) is 17.7. The second kappa shape index (κ2) is 13.5. The number of nitrogens with one attached hydrogen (secondary N) is 2. The second-order valence-corrected chi connectivity index (χ2v) is 10.6. The number of benzene rings is 1. The minimum atomic E-state index is -0.635. The van der Waals surface area contributed by atoms with Gasteiger partial charge in [0, 0.05) is 38.2 Å². The SMILES string of the molecule is CCNC(=O)CC1CN(Cc2cc(OC)cc(OC)c2)C(=O)C(CC(C)C)N1C(=O)NC1CCCCC1. The van der Waals surface area contributed by atoms with E-state index in [0.29, 0.717) is 31.0 Å². The number of hydrogen-bond donors (Lipinski definition) is 2. The van der Waals surface area contributed by atoms with Crippen LogP contribution in [0.1, 0.15) is 71.3 Å². The molecule has 37 heavy (non-hydrogen) atoms. The van der Waals surface area contributed by atoms with Gasteiger partial charge in [-0.05, 0) is 49.8 Å². The Morgan fingerprint density at radius 1 is 1.05 bits per heavy atom. The summed E-state index contributed by atoms with van der Waals surface area (Å²) in [5, 5.41) is 6.06. The first-order valence-corrected chi connectivity index (χ1v) is 13.6. The highest BCUT2D eigenvalue weighted by molar-refractivity contribution is 5.89. The molecular formula is C28H44N4O5. The molecule has 1 aromatic carbocycles. The summed E-state index contributed by atoms with van der Waals surface area (Å²) in [5.74, 6) is 1.26. The molecule has 1 aromatic rings. The molecule has 2 unspecified atom stereocenters. The minimum Gasteiger partial charge on any atom is -0.497 e. The van der Waals surface area contributed by atoms with Gasteiger partial charge < -0.3 is 29.9 Å². The van der Waals surface area contributed by atoms with Crippen molar-refractivity contribution in [2.24, 2.45) is 5.92 Å². The summed E-state index contributed by atoms with van der Waals surface area (Å²) < 4.78 is 10.8. The van der Waals surface area contributed by atoms with E-state index in [1.54, 1.807) is 30.1 Å². The molecule has 0 spiro atoms. The van der Waals surface area contributed by atoms with E-state index in [1.165, 1.54) is 6.42 Å². The van der Waals surface area contributed by atoms with Crippen LogP contribution >= 0.6 is 0 Å². The maximum Gasteiger partial charge on any atom is 0.318 e. The van der Waals surface area contributed by atoms with Gasteiger partial charge in [-0.1, -0.05) is 33.1 Å². The Morgan fingerprint density at radius 2 is 1.70 bits per heavy atom. The van der Waals surface area contributed by atoms with E-state index in [4.69, 9.17) is 9.47 Å². The lowest BCUT2D eigenvalue weighted by molar-refractivity contribution is -0.145. The molecular weight excluding hydrogens is 472 g/mol. The van der Waals surface area contributed by atoms with E-state index < -0.39 is 12.1 Å². The van der Waals surface area contributed by atoms with Crippen molar-refractivity contribution in [2.45, 2.75) is 90.4 Å². The highest BCUT2D eigenvalue weighted by Crippen LogP contribution is 2.29. The molecule has 9 heteroatoms. The molecule has 9 nitrogen and oxygen atoms in total. The van der Waals surface area contributed by atoms with Crippen molar-refractivity contribution < 1.29 is 23.9 Å². The van der Waals surface area contributed by atoms with Crippen LogP contribution in [0.15, 0.2) is 18.2 Å². The topological polar surface area (TPSA) is 100 Å². The lowest BCUT2D eigenvalue weighted by atomic mass is 9.93. The second-order valence-electron chi connectivity index (χ2n) is 10.6. The van der Waals surface area contributed by atoms with Gasteiger partial charge in [-0.25, -0.2) is 4.79 Å². The number of carbonyl (C=O) groups excluding carboxylic acids is 3. The van der Waals surface area contributed by atoms with Crippen molar-refractivity contribution in [3.05, 3.63) is 23.8 Å². The van der Waals surface area contributed by atoms with Crippen LogP contribution in [-0.4, -0.2) is 73.1 Å². The average Bonchev–Trinajstić information content (AvgIpc) is 2.87. The molecule has 2 atom stereocenters. The predicted molar refractivity (Wildman–Crippen MR) is 143 cm³/mol. The fourth-order valence-corrected chi connectivity index (χ4v) is 5.45. The number of hydrogen-bond acceptors (Lipinski definition) is 5. The van der Waals surface area contributed by atoms with Crippen molar-refractivity contribution in [1.82, 2.24) is 20.4 Å². The summed E-state index contributed by atoms with van der Waals surface area (Å²) in [4.78, 5) is 43.7. The summed E-state index contributed by atoms with van der Waals surface area (Å²) in [6.07, 6.45) is 5.96. The smallest absolute Gasteiger partial charge is 0.318 e. The fourth-order valence-electron chi connectivity index (χ4n) is 5.45. The van der Waals surface area contributed by atoms with Gasteiger partial charge in [0.05, 0.1) is 20.3 Å². The van der Waals surface area contributed by atoms with E-state index in [2.05, 4.69) is 24.5 Å². The molecule has 1 saturated carbocycles. The van der Waals surface area contributed by atoms with Crippen molar-refractivity contribution in [3.63, 3.8) is 0 Å². The zero-order chi connectivity index (χ0) is 26.9. The van der Waals surface area contributed by atoms with E-state index in [1.807, 2.05) is 19.1 Å². The molecule has 1 saturated heterocycles. The summed E-state index contributed by atoms with van der Waals surface area (Å²) >= 11 is 0. The number of piperazine rings is 1. The van der Waals surface area contributed by atoms with Crippen LogP contribution in [0, 0.1) is 5.92 Å². The third-order valence-electron chi connectivity index (χ3n) is 7.20. The van der Waals surface area contributed by atoms with Crippen LogP contribution in [-0.2, 0) is 16.1 Å². The summed E-state index contributed by atoms with van der Waals surface area (Å²) in [5.41, 5.74) is 0.865. The molecule has 0 bridgehead atoms. The normalized spacial score (nSPS) is 20.6. The third kappa shape index (κ3) is 7.76. The van der Waals surface area contributed by atoms with Crippen LogP contribution in [0.3, 0.4) is 0 Å². The van der Waals surface area contributed by atoms with Gasteiger partial charge in [-0.2, -0.15) is 0 Å². The van der Waals surface area contributed by atoms with Crippen molar-refractivity contribution in [3.8, 4) is 11.5 Å². The first kappa shape index (κ1) is 28.6. The van der Waals surface area contributed by atoms with E-state index in [0.717, 1.165) is 31.2 Å². The fraction of sp³-hybridized carbons (Fsp3) is 0.679. The van der Waals surface area contributed by atoms with Gasteiger partial charge >= 0.3 is 6.03 Å². The van der Waals surface area contributed by atoms with Crippen LogP contribution in [0.5, 0.6) is 11.5 Å². The molecule has 4 amide bonds. The van der Waals surface area contributed by atoms with Gasteiger partial charge in [-0.3, -0.25) is 9.59 Å². The van der Waals surface area contributed by atoms with Gasteiger partial charge in [-0.15, -0.1) is 0 Å². The maximum absolute atomic E-state index is 13.9. The largest absolute Gasteiger partial charge is 0.497 e. The highest BCUT2D eigenvalue weighted by Gasteiger charge is 2.44. The van der Waals surface area contributed by atoms with E-state index in [9.17, 15) is 14.4 Å². The first-order valence-electron chi connectivity index (χ1n) is 13.6. The lowest BCUT2D eigenvalue weighted by Gasteiger charge is -2.47. The van der Waals surface area contributed by atoms with Gasteiger partial charge in [0.15, 0.2) is 0 Å². The van der Waals surface area contributed by atoms with Crippen molar-refractivity contribution >= 4 is 17.8 Å². The van der Waals surface area contributed by atoms with Crippen molar-refractivity contribution in [1.29, 1.82) is 0 Å². The quantitative estimate of drug-likeness (QED) is 0.494. The zero-order valence-electron chi connectivity index (χ0n) is 23.0. The lowest BCUT2D eigenvalue weighted by Crippen LogP contribution is -2.66. The van der Waals surface area contributed by atoms with Crippen LogP contribution in [0.25, 0.3) is 0 Å². The van der Waals surface area contributed by atoms with Crippen LogP contribution in [0.2, 0.25) is 0 Å². The van der Waals surface area contributed by atoms with E-state index in [-0.39, 0.29) is 42.8 Å². The molecule has 3 rings (SSSR count). The summed E-state index contributed by atoms with van der Waals surface area (Å²) in [7, 11) is 3.18. The van der Waals surface area contributed by atoms with Gasteiger partial charge in [0.2, 0.25) is 11.8 Å². The Labute approximate surface area is 221 Å². The zero-order valence-corrected chi connectivity index (χ0v) is 23.0. The van der Waals surface area contributed by atoms with E-state index >= 15 is 0 Å². The Morgan fingerprint density at radius 3 is 2.27 bits per heavy atom. The molecule has 206 valence electrons. The molecule has 0 radical (unpaired) electrons. The van der Waals surface area contributed by atoms with Crippen molar-refractivity contribution in [2.75, 3.05) is 27.3 Å². The Balaban J connectivity index is 1.91. The molecule has 0 aromatic heterocycles. The molecule has 2 fully saturated rings. The Bertz CT molecular complexity index is 909. The maximum atomic E-state index is 13.9. The molecule has 2 N–H and O–H groups in total. The Hall–Kier alpha value is -2.97. The summed E-state index contributed by atoms with van der Waals surface area (Å²) in [6.45, 7) is 7.11. The predicted octanol–water partition coefficient (Wildman–Crippen LogP) is 3.70. The third-order valence-corrected chi connectivity index (χ3v) is 7.20. The standard InChI is InChI=1S/C28H44N4O5/c1-6-29-26(33)15-22-18-31(17-20-13-23(36-4)16-24(14-20)37-5)27(34)25(12-19(2)3)32(22)28(35)30-21-10-8-7-9-11-21/h13-14,16,19,21-22,25H,6-12,15,17-18H2,1-5H3,(H,29,33)(H,30,35). The van der Waals surface area contributed by atoms with Crippen LogP contribution < -0.4 is 20.1 Å². The minimum absolute atomic E-state index is 0.0959. The number of ether oxygens (including phenoxy) is 2. The Kier molecular flexibility index (Phi) is 10.5. The number of amides is 4. The average molecular weight is 517 g/mol. The number of urea groups is 1.